The molecule has 0 fully saturated rings. The van der Waals surface area contributed by atoms with Crippen molar-refractivity contribution in [2.24, 2.45) is 0 Å². The molecule has 0 spiro atoms. The Morgan fingerprint density at radius 1 is 1.17 bits per heavy atom. The summed E-state index contributed by atoms with van der Waals surface area (Å²) in [5.74, 6) is 0.704. The number of rotatable bonds is 6. The molecule has 0 saturated carbocycles. The van der Waals surface area contributed by atoms with Gasteiger partial charge in [-0.1, -0.05) is 39.8 Å². The zero-order chi connectivity index (χ0) is 17.7. The maximum absolute atomic E-state index is 11.9. The topological polar surface area (TPSA) is 64.3 Å². The number of nitrogens with zero attached hydrogens (tertiary/aromatic N) is 2. The molecule has 1 atom stereocenters. The number of aryl methyl sites for hydroxylation is 1. The summed E-state index contributed by atoms with van der Waals surface area (Å²) in [6.45, 7) is 8.40. The lowest BCUT2D eigenvalue weighted by atomic mass is 9.92. The normalized spacial score (nSPS) is 12.9. The van der Waals surface area contributed by atoms with E-state index in [9.17, 15) is 9.90 Å². The minimum absolute atomic E-state index is 0.107. The van der Waals surface area contributed by atoms with E-state index in [-0.39, 0.29) is 24.1 Å². The molecule has 1 aromatic carbocycles. The van der Waals surface area contributed by atoms with Gasteiger partial charge < -0.3 is 9.84 Å². The van der Waals surface area contributed by atoms with E-state index < -0.39 is 6.10 Å². The van der Waals surface area contributed by atoms with E-state index in [1.54, 1.807) is 6.07 Å². The summed E-state index contributed by atoms with van der Waals surface area (Å²) in [6, 6.07) is 11.0. The minimum atomic E-state index is -0.809. The number of aromatic nitrogens is 2. The molecule has 1 N–H and O–H groups in total. The summed E-state index contributed by atoms with van der Waals surface area (Å²) in [6.07, 6.45) is 0.165. The van der Waals surface area contributed by atoms with Crippen molar-refractivity contribution >= 4 is 0 Å². The van der Waals surface area contributed by atoms with Crippen LogP contribution in [0.15, 0.2) is 41.2 Å². The Labute approximate surface area is 142 Å². The SMILES string of the molecule is CCc1ccc(OCC(O)Cn2nc(C(C)(C)C)ccc2=O)cc1. The van der Waals surface area contributed by atoms with Crippen LogP contribution in [0.3, 0.4) is 0 Å². The molecule has 0 aliphatic carbocycles. The van der Waals surface area contributed by atoms with Gasteiger partial charge in [-0.05, 0) is 30.2 Å². The van der Waals surface area contributed by atoms with E-state index in [2.05, 4.69) is 12.0 Å². The molecule has 130 valence electrons. The van der Waals surface area contributed by atoms with Gasteiger partial charge in [0.05, 0.1) is 12.2 Å². The number of ether oxygens (including phenoxy) is 1. The zero-order valence-electron chi connectivity index (χ0n) is 14.8. The van der Waals surface area contributed by atoms with Crippen molar-refractivity contribution in [3.8, 4) is 5.75 Å². The van der Waals surface area contributed by atoms with Crippen LogP contribution < -0.4 is 10.3 Å². The van der Waals surface area contributed by atoms with Crippen LogP contribution >= 0.6 is 0 Å². The van der Waals surface area contributed by atoms with Gasteiger partial charge in [0.1, 0.15) is 18.5 Å². The first-order valence-corrected chi connectivity index (χ1v) is 8.28. The average molecular weight is 330 g/mol. The third-order valence-electron chi connectivity index (χ3n) is 3.79. The standard InChI is InChI=1S/C19H26N2O3/c1-5-14-6-8-16(9-7-14)24-13-15(22)12-21-18(23)11-10-17(20-21)19(2,3)4/h6-11,15,22H,5,12-13H2,1-4H3. The van der Waals surface area contributed by atoms with E-state index in [0.29, 0.717) is 5.75 Å². The fourth-order valence-electron chi connectivity index (χ4n) is 2.25. The molecule has 24 heavy (non-hydrogen) atoms. The highest BCUT2D eigenvalue weighted by Gasteiger charge is 2.17. The first kappa shape index (κ1) is 18.2. The summed E-state index contributed by atoms with van der Waals surface area (Å²) in [7, 11) is 0. The van der Waals surface area contributed by atoms with E-state index in [0.717, 1.165) is 12.1 Å². The summed E-state index contributed by atoms with van der Waals surface area (Å²) in [5, 5.41) is 14.5. The number of aliphatic hydroxyl groups excluding tert-OH is 1. The summed E-state index contributed by atoms with van der Waals surface area (Å²) >= 11 is 0. The lowest BCUT2D eigenvalue weighted by molar-refractivity contribution is 0.0875. The second kappa shape index (κ2) is 7.62. The highest BCUT2D eigenvalue weighted by atomic mass is 16.5. The third-order valence-corrected chi connectivity index (χ3v) is 3.79. The van der Waals surface area contributed by atoms with Crippen molar-refractivity contribution in [1.29, 1.82) is 0 Å². The highest BCUT2D eigenvalue weighted by Crippen LogP contribution is 2.18. The monoisotopic (exact) mass is 330 g/mol. The maximum Gasteiger partial charge on any atom is 0.266 e. The smallest absolute Gasteiger partial charge is 0.266 e. The Hall–Kier alpha value is -2.14. The van der Waals surface area contributed by atoms with Crippen molar-refractivity contribution in [3.05, 3.63) is 58.0 Å². The van der Waals surface area contributed by atoms with Crippen molar-refractivity contribution in [1.82, 2.24) is 9.78 Å². The maximum atomic E-state index is 11.9. The second-order valence-corrected chi connectivity index (χ2v) is 6.95. The highest BCUT2D eigenvalue weighted by molar-refractivity contribution is 5.27. The molecule has 1 unspecified atom stereocenters. The van der Waals surface area contributed by atoms with Crippen molar-refractivity contribution in [3.63, 3.8) is 0 Å². The lowest BCUT2D eigenvalue weighted by Gasteiger charge is -2.19. The largest absolute Gasteiger partial charge is 0.491 e. The molecule has 0 bridgehead atoms. The minimum Gasteiger partial charge on any atom is -0.491 e. The average Bonchev–Trinajstić information content (AvgIpc) is 2.54. The first-order valence-electron chi connectivity index (χ1n) is 8.28. The van der Waals surface area contributed by atoms with Gasteiger partial charge in [-0.25, -0.2) is 4.68 Å². The van der Waals surface area contributed by atoms with Crippen LogP contribution in [0.2, 0.25) is 0 Å². The quantitative estimate of drug-likeness (QED) is 0.884. The van der Waals surface area contributed by atoms with Crippen LogP contribution in [-0.2, 0) is 18.4 Å². The van der Waals surface area contributed by atoms with Gasteiger partial charge in [-0.2, -0.15) is 5.10 Å². The van der Waals surface area contributed by atoms with Crippen LogP contribution in [-0.4, -0.2) is 27.6 Å². The summed E-state index contributed by atoms with van der Waals surface area (Å²) in [4.78, 5) is 11.9. The van der Waals surface area contributed by atoms with Crippen LogP contribution in [0, 0.1) is 0 Å². The van der Waals surface area contributed by atoms with Gasteiger partial charge in [0.15, 0.2) is 0 Å². The Kier molecular flexibility index (Phi) is 5.78. The predicted molar refractivity (Wildman–Crippen MR) is 94.5 cm³/mol. The molecule has 0 aliphatic heterocycles. The predicted octanol–water partition coefficient (Wildman–Crippen LogP) is 2.54. The number of aliphatic hydroxyl groups is 1. The van der Waals surface area contributed by atoms with E-state index in [1.165, 1.54) is 16.3 Å². The fraction of sp³-hybridized carbons (Fsp3) is 0.474. The van der Waals surface area contributed by atoms with Crippen molar-refractivity contribution < 1.29 is 9.84 Å². The molecule has 2 rings (SSSR count). The second-order valence-electron chi connectivity index (χ2n) is 6.95. The Balaban J connectivity index is 1.98. The van der Waals surface area contributed by atoms with Gasteiger partial charge in [0.25, 0.3) is 5.56 Å². The number of hydrogen-bond donors (Lipinski definition) is 1. The summed E-state index contributed by atoms with van der Waals surface area (Å²) < 4.78 is 6.88. The molecule has 1 aromatic heterocycles. The molecular formula is C19H26N2O3. The molecule has 5 heteroatoms. The summed E-state index contributed by atoms with van der Waals surface area (Å²) in [5.41, 5.74) is 1.66. The molecule has 5 nitrogen and oxygen atoms in total. The van der Waals surface area contributed by atoms with Gasteiger partial charge in [-0.3, -0.25) is 4.79 Å². The fourth-order valence-corrected chi connectivity index (χ4v) is 2.25. The van der Waals surface area contributed by atoms with Crippen LogP contribution in [0.1, 0.15) is 39.0 Å². The van der Waals surface area contributed by atoms with Gasteiger partial charge >= 0.3 is 0 Å². The van der Waals surface area contributed by atoms with Crippen LogP contribution in [0.4, 0.5) is 0 Å². The van der Waals surface area contributed by atoms with Crippen LogP contribution in [0.25, 0.3) is 0 Å². The van der Waals surface area contributed by atoms with Gasteiger partial charge in [-0.15, -0.1) is 0 Å². The molecular weight excluding hydrogens is 304 g/mol. The first-order chi connectivity index (χ1) is 11.3. The Morgan fingerprint density at radius 3 is 2.42 bits per heavy atom. The molecule has 2 aromatic rings. The van der Waals surface area contributed by atoms with Crippen molar-refractivity contribution in [2.75, 3.05) is 6.61 Å². The van der Waals surface area contributed by atoms with Crippen molar-refractivity contribution in [2.45, 2.75) is 52.2 Å². The lowest BCUT2D eigenvalue weighted by Crippen LogP contribution is -2.33. The van der Waals surface area contributed by atoms with E-state index in [1.807, 2.05) is 45.0 Å². The van der Waals surface area contributed by atoms with Gasteiger partial charge in [0.2, 0.25) is 0 Å². The Bertz CT molecular complexity index is 715. The molecule has 0 aliphatic rings. The van der Waals surface area contributed by atoms with Gasteiger partial charge in [0, 0.05) is 11.5 Å². The van der Waals surface area contributed by atoms with Crippen LogP contribution in [0.5, 0.6) is 5.75 Å². The van der Waals surface area contributed by atoms with E-state index in [4.69, 9.17) is 4.74 Å². The molecule has 0 amide bonds. The molecule has 0 radical (unpaired) electrons. The van der Waals surface area contributed by atoms with E-state index >= 15 is 0 Å². The number of hydrogen-bond acceptors (Lipinski definition) is 4. The third kappa shape index (κ3) is 4.93. The zero-order valence-corrected chi connectivity index (χ0v) is 14.8. The Morgan fingerprint density at radius 2 is 1.83 bits per heavy atom. The molecule has 0 saturated heterocycles. The number of benzene rings is 1. The molecule has 1 heterocycles.